The molecule has 0 bridgehead atoms. The maximum Gasteiger partial charge on any atom is 0.227 e. The van der Waals surface area contributed by atoms with Crippen molar-refractivity contribution >= 4 is 11.8 Å². The predicted molar refractivity (Wildman–Crippen MR) is 93.7 cm³/mol. The highest BCUT2D eigenvalue weighted by Gasteiger charge is 2.23. The fourth-order valence-electron chi connectivity index (χ4n) is 3.07. The minimum atomic E-state index is 0.595. The van der Waals surface area contributed by atoms with Crippen LogP contribution in [0.15, 0.2) is 6.07 Å². The summed E-state index contributed by atoms with van der Waals surface area (Å²) in [6, 6.07) is 2.64. The molecule has 0 amide bonds. The molecule has 5 nitrogen and oxygen atoms in total. The van der Waals surface area contributed by atoms with Gasteiger partial charge in [0.1, 0.15) is 5.82 Å². The third-order valence-corrected chi connectivity index (χ3v) is 4.29. The summed E-state index contributed by atoms with van der Waals surface area (Å²) in [5.74, 6) is 1.86. The van der Waals surface area contributed by atoms with Crippen LogP contribution < -0.4 is 10.2 Å². The highest BCUT2D eigenvalue weighted by atomic mass is 15.3. The Morgan fingerprint density at radius 2 is 2.14 bits per heavy atom. The van der Waals surface area contributed by atoms with Gasteiger partial charge in [0.2, 0.25) is 5.95 Å². The summed E-state index contributed by atoms with van der Waals surface area (Å²) < 4.78 is 0. The second-order valence-electron chi connectivity index (χ2n) is 6.53. The van der Waals surface area contributed by atoms with Crippen LogP contribution in [0.3, 0.4) is 0 Å². The molecule has 2 heterocycles. The van der Waals surface area contributed by atoms with Gasteiger partial charge in [0.15, 0.2) is 0 Å². The first kappa shape index (κ1) is 17.0. The maximum absolute atomic E-state index is 4.76. The van der Waals surface area contributed by atoms with Crippen LogP contribution in [-0.2, 0) is 0 Å². The van der Waals surface area contributed by atoms with E-state index >= 15 is 0 Å². The zero-order valence-corrected chi connectivity index (χ0v) is 14.6. The smallest absolute Gasteiger partial charge is 0.227 e. The summed E-state index contributed by atoms with van der Waals surface area (Å²) in [5.41, 5.74) is 1.04. The minimum absolute atomic E-state index is 0.595. The molecule has 0 radical (unpaired) electrons. The largest absolute Gasteiger partial charge is 0.370 e. The lowest BCUT2D eigenvalue weighted by Gasteiger charge is -2.35. The van der Waals surface area contributed by atoms with E-state index in [0.29, 0.717) is 6.04 Å². The summed E-state index contributed by atoms with van der Waals surface area (Å²) in [6.45, 7) is 7.45. The first-order chi connectivity index (χ1) is 10.6. The first-order valence-electron chi connectivity index (χ1n) is 8.61. The summed E-state index contributed by atoms with van der Waals surface area (Å²) in [7, 11) is 4.21. The predicted octanol–water partition coefficient (Wildman–Crippen LogP) is 2.92. The van der Waals surface area contributed by atoms with Gasteiger partial charge in [-0.2, -0.15) is 4.98 Å². The third-order valence-electron chi connectivity index (χ3n) is 4.29. The quantitative estimate of drug-likeness (QED) is 0.785. The molecule has 1 saturated heterocycles. The van der Waals surface area contributed by atoms with Crippen molar-refractivity contribution in [1.29, 1.82) is 0 Å². The van der Waals surface area contributed by atoms with E-state index in [4.69, 9.17) is 4.98 Å². The highest BCUT2D eigenvalue weighted by molar-refractivity contribution is 5.44. The number of hydrogen-bond acceptors (Lipinski definition) is 5. The second-order valence-corrected chi connectivity index (χ2v) is 6.53. The fraction of sp³-hybridized carbons (Fsp3) is 0.765. The highest BCUT2D eigenvalue weighted by Crippen LogP contribution is 2.25. The van der Waals surface area contributed by atoms with Crippen molar-refractivity contribution in [2.45, 2.75) is 52.0 Å². The molecule has 1 aromatic rings. The lowest BCUT2D eigenvalue weighted by atomic mass is 10.0. The molecule has 0 aromatic carbocycles. The Kier molecular flexibility index (Phi) is 6.43. The van der Waals surface area contributed by atoms with Gasteiger partial charge in [0.05, 0.1) is 0 Å². The average molecular weight is 305 g/mol. The second kappa shape index (κ2) is 8.32. The lowest BCUT2D eigenvalue weighted by molar-refractivity contribution is 0.405. The number of hydrogen-bond donors (Lipinski definition) is 1. The van der Waals surface area contributed by atoms with Crippen LogP contribution in [0.1, 0.15) is 44.7 Å². The van der Waals surface area contributed by atoms with Crippen molar-refractivity contribution in [2.24, 2.45) is 0 Å². The number of aromatic nitrogens is 2. The van der Waals surface area contributed by atoms with E-state index in [1.165, 1.54) is 25.7 Å². The molecular formula is C17H31N5. The van der Waals surface area contributed by atoms with E-state index in [1.54, 1.807) is 0 Å². The molecule has 124 valence electrons. The monoisotopic (exact) mass is 305 g/mol. The number of anilines is 2. The van der Waals surface area contributed by atoms with Crippen molar-refractivity contribution in [3.05, 3.63) is 11.8 Å². The van der Waals surface area contributed by atoms with Crippen molar-refractivity contribution in [2.75, 3.05) is 43.9 Å². The molecule has 1 N–H and O–H groups in total. The van der Waals surface area contributed by atoms with Crippen molar-refractivity contribution in [3.63, 3.8) is 0 Å². The van der Waals surface area contributed by atoms with Crippen molar-refractivity contribution in [3.8, 4) is 0 Å². The molecule has 1 aliphatic rings. The molecule has 0 spiro atoms. The van der Waals surface area contributed by atoms with Crippen LogP contribution in [-0.4, -0.2) is 54.6 Å². The van der Waals surface area contributed by atoms with Gasteiger partial charge in [0.25, 0.3) is 0 Å². The fourth-order valence-corrected chi connectivity index (χ4v) is 3.07. The third kappa shape index (κ3) is 4.83. The standard InChI is InChI=1S/C17H31N5/c1-5-15-9-6-7-12-22(15)17-19-14(2)13-16(20-17)18-10-8-11-21(3)4/h13,15H,5-12H2,1-4H3,(H,18,19,20). The molecule has 1 aromatic heterocycles. The molecule has 0 saturated carbocycles. The van der Waals surface area contributed by atoms with Gasteiger partial charge >= 0.3 is 0 Å². The van der Waals surface area contributed by atoms with E-state index in [1.807, 2.05) is 6.07 Å². The van der Waals surface area contributed by atoms with Gasteiger partial charge in [-0.15, -0.1) is 0 Å². The Balaban J connectivity index is 2.02. The summed E-state index contributed by atoms with van der Waals surface area (Å²) >= 11 is 0. The van der Waals surface area contributed by atoms with Gasteiger partial charge in [-0.1, -0.05) is 6.92 Å². The van der Waals surface area contributed by atoms with Gasteiger partial charge in [-0.05, 0) is 59.7 Å². The van der Waals surface area contributed by atoms with Crippen LogP contribution in [0.5, 0.6) is 0 Å². The van der Waals surface area contributed by atoms with Gasteiger partial charge in [0, 0.05) is 30.9 Å². The summed E-state index contributed by atoms with van der Waals surface area (Å²) in [4.78, 5) is 14.1. The summed E-state index contributed by atoms with van der Waals surface area (Å²) in [6.07, 6.45) is 6.13. The van der Waals surface area contributed by atoms with Gasteiger partial charge in [-0.25, -0.2) is 4.98 Å². The molecular weight excluding hydrogens is 274 g/mol. The van der Waals surface area contributed by atoms with Crippen LogP contribution in [0.4, 0.5) is 11.8 Å². The lowest BCUT2D eigenvalue weighted by Crippen LogP contribution is -2.40. The zero-order chi connectivity index (χ0) is 15.9. The Labute approximate surface area is 135 Å². The number of piperidine rings is 1. The zero-order valence-electron chi connectivity index (χ0n) is 14.6. The minimum Gasteiger partial charge on any atom is -0.370 e. The number of rotatable bonds is 7. The van der Waals surface area contributed by atoms with Gasteiger partial charge < -0.3 is 15.1 Å². The molecule has 1 fully saturated rings. The van der Waals surface area contributed by atoms with Gasteiger partial charge in [-0.3, -0.25) is 0 Å². The van der Waals surface area contributed by atoms with E-state index in [9.17, 15) is 0 Å². The summed E-state index contributed by atoms with van der Waals surface area (Å²) in [5, 5.41) is 3.45. The van der Waals surface area contributed by atoms with Crippen LogP contribution in [0.2, 0.25) is 0 Å². The molecule has 5 heteroatoms. The molecule has 1 aliphatic heterocycles. The Bertz CT molecular complexity index is 460. The topological polar surface area (TPSA) is 44.3 Å². The maximum atomic E-state index is 4.76. The molecule has 1 atom stereocenters. The van der Waals surface area contributed by atoms with Crippen LogP contribution >= 0.6 is 0 Å². The first-order valence-corrected chi connectivity index (χ1v) is 8.61. The van der Waals surface area contributed by atoms with E-state index < -0.39 is 0 Å². The molecule has 0 aliphatic carbocycles. The Morgan fingerprint density at radius 3 is 2.86 bits per heavy atom. The normalized spacial score (nSPS) is 18.8. The average Bonchev–Trinajstić information content (AvgIpc) is 2.51. The molecule has 1 unspecified atom stereocenters. The molecule has 22 heavy (non-hydrogen) atoms. The van der Waals surface area contributed by atoms with Crippen molar-refractivity contribution in [1.82, 2.24) is 14.9 Å². The van der Waals surface area contributed by atoms with Crippen LogP contribution in [0.25, 0.3) is 0 Å². The number of nitrogens with zero attached hydrogens (tertiary/aromatic N) is 4. The van der Waals surface area contributed by atoms with E-state index in [2.05, 4.69) is 48.0 Å². The van der Waals surface area contributed by atoms with E-state index in [-0.39, 0.29) is 0 Å². The Hall–Kier alpha value is -1.36. The SMILES string of the molecule is CCC1CCCCN1c1nc(C)cc(NCCCN(C)C)n1. The number of nitrogens with one attached hydrogen (secondary N) is 1. The van der Waals surface area contributed by atoms with E-state index in [0.717, 1.165) is 43.5 Å². The Morgan fingerprint density at radius 1 is 1.32 bits per heavy atom. The molecule has 2 rings (SSSR count). The van der Waals surface area contributed by atoms with Crippen LogP contribution in [0, 0.1) is 6.92 Å². The van der Waals surface area contributed by atoms with Crippen molar-refractivity contribution < 1.29 is 0 Å². The number of aryl methyl sites for hydroxylation is 1.